The topological polar surface area (TPSA) is 48.0 Å². The van der Waals surface area contributed by atoms with Crippen LogP contribution in [0.1, 0.15) is 36.1 Å². The van der Waals surface area contributed by atoms with Gasteiger partial charge < -0.3 is 15.4 Å². The van der Waals surface area contributed by atoms with Crippen LogP contribution >= 0.6 is 11.3 Å². The third-order valence-corrected chi connectivity index (χ3v) is 6.00. The Bertz CT molecular complexity index is 863. The van der Waals surface area contributed by atoms with Gasteiger partial charge in [0.1, 0.15) is 5.75 Å². The molecule has 0 amide bonds. The van der Waals surface area contributed by atoms with Crippen LogP contribution in [0.3, 0.4) is 0 Å². The van der Waals surface area contributed by atoms with Crippen LogP contribution in [-0.2, 0) is 6.42 Å². The number of aromatic hydroxyl groups is 1. The molecule has 1 unspecified atom stereocenters. The molecule has 25 heavy (non-hydrogen) atoms. The van der Waals surface area contributed by atoms with E-state index in [2.05, 4.69) is 40.1 Å². The second-order valence-electron chi connectivity index (χ2n) is 6.81. The van der Waals surface area contributed by atoms with Crippen LogP contribution < -0.4 is 5.32 Å². The van der Waals surface area contributed by atoms with Gasteiger partial charge >= 0.3 is 0 Å². The van der Waals surface area contributed by atoms with Crippen LogP contribution in [0.2, 0.25) is 0 Å². The molecule has 0 saturated carbocycles. The second kappa shape index (κ2) is 7.46. The van der Waals surface area contributed by atoms with Gasteiger partial charge in [-0.25, -0.2) is 0 Å². The zero-order chi connectivity index (χ0) is 17.1. The van der Waals surface area contributed by atoms with Gasteiger partial charge in [-0.05, 0) is 60.4 Å². The molecule has 3 N–H and O–H groups in total. The molecule has 130 valence electrons. The van der Waals surface area contributed by atoms with Crippen molar-refractivity contribution in [3.63, 3.8) is 0 Å². The van der Waals surface area contributed by atoms with Crippen LogP contribution in [0, 0.1) is 0 Å². The first kappa shape index (κ1) is 16.4. The monoisotopic (exact) mass is 352 g/mol. The molecule has 3 nitrogen and oxygen atoms in total. The number of phenols is 1. The Morgan fingerprint density at radius 3 is 3.04 bits per heavy atom. The van der Waals surface area contributed by atoms with Gasteiger partial charge in [-0.3, -0.25) is 0 Å². The number of H-pyrrole nitrogens is 1. The lowest BCUT2D eigenvalue weighted by Gasteiger charge is -2.24. The number of aryl methyl sites for hydroxylation is 1. The summed E-state index contributed by atoms with van der Waals surface area (Å²) >= 11 is 1.84. The van der Waals surface area contributed by atoms with Crippen LogP contribution in [-0.4, -0.2) is 22.7 Å². The molecule has 3 aromatic rings. The summed E-state index contributed by atoms with van der Waals surface area (Å²) < 4.78 is 0. The molecule has 1 aliphatic rings. The molecule has 1 atom stereocenters. The summed E-state index contributed by atoms with van der Waals surface area (Å²) in [6.07, 6.45) is 10.3. The number of thiophene rings is 1. The fourth-order valence-electron chi connectivity index (χ4n) is 3.72. The van der Waals surface area contributed by atoms with E-state index >= 15 is 0 Å². The number of hydrogen-bond donors (Lipinski definition) is 3. The van der Waals surface area contributed by atoms with Gasteiger partial charge in [0, 0.05) is 40.6 Å². The Morgan fingerprint density at radius 2 is 2.16 bits per heavy atom. The third kappa shape index (κ3) is 3.80. The molecule has 3 heterocycles. The summed E-state index contributed by atoms with van der Waals surface area (Å²) in [6.45, 7) is 0.990. The van der Waals surface area contributed by atoms with Gasteiger partial charge in [0.15, 0.2) is 0 Å². The number of fused-ring (bicyclic) bond motifs is 1. The predicted molar refractivity (Wildman–Crippen MR) is 106 cm³/mol. The number of aromatic nitrogens is 1. The summed E-state index contributed by atoms with van der Waals surface area (Å²) in [4.78, 5) is 4.69. The van der Waals surface area contributed by atoms with E-state index in [-0.39, 0.29) is 0 Å². The van der Waals surface area contributed by atoms with Gasteiger partial charge in [0.2, 0.25) is 0 Å². The molecule has 0 radical (unpaired) electrons. The van der Waals surface area contributed by atoms with E-state index < -0.39 is 0 Å². The lowest BCUT2D eigenvalue weighted by molar-refractivity contribution is 0.476. The van der Waals surface area contributed by atoms with E-state index in [1.807, 2.05) is 17.4 Å². The van der Waals surface area contributed by atoms with Gasteiger partial charge in [-0.15, -0.1) is 11.3 Å². The standard InChI is InChI=1S/C21H24N2OS/c24-18-7-8-19-16(14-23-20(19)13-18)4-1-2-5-17-12-15(9-10-22-17)21-6-3-11-25-21/h3,6-9,11,13-14,17,22-24H,1-2,4-5,10,12H2. The molecule has 0 spiro atoms. The molecule has 2 aromatic heterocycles. The van der Waals surface area contributed by atoms with Crippen LogP contribution in [0.25, 0.3) is 16.5 Å². The average Bonchev–Trinajstić information content (AvgIpc) is 3.29. The van der Waals surface area contributed by atoms with Crippen molar-refractivity contribution < 1.29 is 5.11 Å². The Labute approximate surface area is 152 Å². The van der Waals surface area contributed by atoms with Crippen molar-refractivity contribution in [3.05, 3.63) is 58.4 Å². The van der Waals surface area contributed by atoms with Crippen LogP contribution in [0.15, 0.2) is 48.0 Å². The van der Waals surface area contributed by atoms with E-state index in [1.165, 1.54) is 40.7 Å². The molecule has 1 aromatic carbocycles. The van der Waals surface area contributed by atoms with Gasteiger partial charge in [-0.2, -0.15) is 0 Å². The van der Waals surface area contributed by atoms with E-state index in [0.29, 0.717) is 11.8 Å². The molecular weight excluding hydrogens is 328 g/mol. The Morgan fingerprint density at radius 1 is 1.20 bits per heavy atom. The minimum absolute atomic E-state index is 0.318. The number of hydrogen-bond acceptors (Lipinski definition) is 3. The number of benzene rings is 1. The molecule has 4 heteroatoms. The highest BCUT2D eigenvalue weighted by Gasteiger charge is 2.16. The maximum absolute atomic E-state index is 9.56. The van der Waals surface area contributed by atoms with Crippen molar-refractivity contribution in [1.82, 2.24) is 10.3 Å². The lowest BCUT2D eigenvalue weighted by atomic mass is 9.95. The quantitative estimate of drug-likeness (QED) is 0.541. The highest BCUT2D eigenvalue weighted by molar-refractivity contribution is 7.11. The largest absolute Gasteiger partial charge is 0.508 e. The zero-order valence-corrected chi connectivity index (χ0v) is 15.1. The molecule has 0 fully saturated rings. The molecule has 0 aliphatic carbocycles. The summed E-state index contributed by atoms with van der Waals surface area (Å²) in [7, 11) is 0. The summed E-state index contributed by atoms with van der Waals surface area (Å²) in [5.74, 6) is 0.318. The fraction of sp³-hybridized carbons (Fsp3) is 0.333. The number of rotatable bonds is 6. The van der Waals surface area contributed by atoms with E-state index in [0.717, 1.165) is 24.9 Å². The van der Waals surface area contributed by atoms with Crippen molar-refractivity contribution >= 4 is 27.8 Å². The first-order valence-corrected chi connectivity index (χ1v) is 9.93. The average molecular weight is 353 g/mol. The summed E-state index contributed by atoms with van der Waals surface area (Å²) in [5, 5.41) is 16.6. The minimum atomic E-state index is 0.318. The highest BCUT2D eigenvalue weighted by atomic mass is 32.1. The Balaban J connectivity index is 1.27. The SMILES string of the molecule is Oc1ccc2c(CCCCC3CC(c4cccs4)=CCN3)c[nH]c2c1. The van der Waals surface area contributed by atoms with Crippen molar-refractivity contribution in [2.24, 2.45) is 0 Å². The maximum Gasteiger partial charge on any atom is 0.117 e. The smallest absolute Gasteiger partial charge is 0.117 e. The van der Waals surface area contributed by atoms with Gasteiger partial charge in [-0.1, -0.05) is 18.6 Å². The Kier molecular flexibility index (Phi) is 4.90. The minimum Gasteiger partial charge on any atom is -0.508 e. The van der Waals surface area contributed by atoms with E-state index in [9.17, 15) is 5.11 Å². The maximum atomic E-state index is 9.56. The third-order valence-electron chi connectivity index (χ3n) is 5.06. The predicted octanol–water partition coefficient (Wildman–Crippen LogP) is 5.09. The summed E-state index contributed by atoms with van der Waals surface area (Å²) in [5.41, 5.74) is 3.88. The molecular formula is C21H24N2OS. The Hall–Kier alpha value is -2.04. The molecule has 4 rings (SSSR count). The second-order valence-corrected chi connectivity index (χ2v) is 7.75. The zero-order valence-electron chi connectivity index (χ0n) is 14.3. The number of aromatic amines is 1. The van der Waals surface area contributed by atoms with E-state index in [1.54, 1.807) is 12.1 Å². The first-order valence-electron chi connectivity index (χ1n) is 9.05. The molecule has 0 saturated heterocycles. The fourth-order valence-corrected chi connectivity index (χ4v) is 4.50. The van der Waals surface area contributed by atoms with Crippen molar-refractivity contribution in [2.75, 3.05) is 6.54 Å². The van der Waals surface area contributed by atoms with Crippen molar-refractivity contribution in [1.29, 1.82) is 0 Å². The van der Waals surface area contributed by atoms with Crippen LogP contribution in [0.4, 0.5) is 0 Å². The summed E-state index contributed by atoms with van der Waals surface area (Å²) in [6, 6.07) is 10.5. The van der Waals surface area contributed by atoms with Gasteiger partial charge in [0.25, 0.3) is 0 Å². The normalized spacial score (nSPS) is 17.8. The van der Waals surface area contributed by atoms with Gasteiger partial charge in [0.05, 0.1) is 0 Å². The molecule has 0 bridgehead atoms. The molecule has 1 aliphatic heterocycles. The number of unbranched alkanes of at least 4 members (excludes halogenated alkanes) is 1. The van der Waals surface area contributed by atoms with Crippen molar-refractivity contribution in [3.8, 4) is 5.75 Å². The highest BCUT2D eigenvalue weighted by Crippen LogP contribution is 2.28. The van der Waals surface area contributed by atoms with Crippen LogP contribution in [0.5, 0.6) is 5.75 Å². The lowest BCUT2D eigenvalue weighted by Crippen LogP contribution is -2.32. The first-order chi connectivity index (χ1) is 12.3. The van der Waals surface area contributed by atoms with E-state index in [4.69, 9.17) is 0 Å². The number of phenolic OH excluding ortho intramolecular Hbond substituents is 1. The number of nitrogens with one attached hydrogen (secondary N) is 2. The van der Waals surface area contributed by atoms with Crippen molar-refractivity contribution in [2.45, 2.75) is 38.1 Å².